The summed E-state index contributed by atoms with van der Waals surface area (Å²) in [4.78, 5) is 4.42. The lowest BCUT2D eigenvalue weighted by molar-refractivity contribution is -0.0429. The van der Waals surface area contributed by atoms with Gasteiger partial charge in [-0.3, -0.25) is 0 Å². The van der Waals surface area contributed by atoms with Crippen molar-refractivity contribution in [2.45, 2.75) is 39.4 Å². The van der Waals surface area contributed by atoms with E-state index in [1.807, 2.05) is 13.8 Å². The molecule has 0 radical (unpaired) electrons. The molecule has 0 aromatic carbocycles. The van der Waals surface area contributed by atoms with E-state index >= 15 is 0 Å². The SMILES string of the molecule is CCC(C)OC(C)CON. The van der Waals surface area contributed by atoms with Crippen LogP contribution in [-0.4, -0.2) is 18.8 Å². The van der Waals surface area contributed by atoms with Crippen molar-refractivity contribution in [1.82, 2.24) is 0 Å². The fourth-order valence-electron chi connectivity index (χ4n) is 0.668. The summed E-state index contributed by atoms with van der Waals surface area (Å²) in [6.45, 7) is 6.52. The highest BCUT2D eigenvalue weighted by atomic mass is 16.6. The first-order valence-electron chi connectivity index (χ1n) is 3.67. The molecule has 0 fully saturated rings. The lowest BCUT2D eigenvalue weighted by Crippen LogP contribution is -2.22. The largest absolute Gasteiger partial charge is 0.373 e. The van der Waals surface area contributed by atoms with Crippen LogP contribution in [0.4, 0.5) is 0 Å². The molecule has 2 unspecified atom stereocenters. The number of ether oxygens (including phenoxy) is 1. The average molecular weight is 147 g/mol. The first kappa shape index (κ1) is 9.88. The van der Waals surface area contributed by atoms with E-state index in [0.29, 0.717) is 12.7 Å². The molecule has 3 nitrogen and oxygen atoms in total. The van der Waals surface area contributed by atoms with Crippen molar-refractivity contribution in [3.8, 4) is 0 Å². The van der Waals surface area contributed by atoms with Crippen molar-refractivity contribution in [1.29, 1.82) is 0 Å². The highest BCUT2D eigenvalue weighted by Crippen LogP contribution is 2.00. The molecule has 0 aromatic heterocycles. The van der Waals surface area contributed by atoms with Crippen molar-refractivity contribution in [2.24, 2.45) is 5.90 Å². The Bertz CT molecular complexity index is 78.0. The van der Waals surface area contributed by atoms with Crippen molar-refractivity contribution < 1.29 is 9.57 Å². The Labute approximate surface area is 62.4 Å². The third-order valence-electron chi connectivity index (χ3n) is 1.37. The van der Waals surface area contributed by atoms with E-state index in [2.05, 4.69) is 11.8 Å². The molecule has 0 spiro atoms. The van der Waals surface area contributed by atoms with Crippen LogP contribution in [0, 0.1) is 0 Å². The second-order valence-electron chi connectivity index (χ2n) is 2.50. The normalized spacial score (nSPS) is 16.8. The first-order valence-corrected chi connectivity index (χ1v) is 3.67. The minimum absolute atomic E-state index is 0.0972. The van der Waals surface area contributed by atoms with Crippen LogP contribution >= 0.6 is 0 Å². The van der Waals surface area contributed by atoms with Crippen molar-refractivity contribution in [3.05, 3.63) is 0 Å². The predicted octanol–water partition coefficient (Wildman–Crippen LogP) is 1.08. The predicted molar refractivity (Wildman–Crippen MR) is 40.4 cm³/mol. The summed E-state index contributed by atoms with van der Waals surface area (Å²) in [5.41, 5.74) is 0. The average Bonchev–Trinajstić information content (AvgIpc) is 1.88. The van der Waals surface area contributed by atoms with Gasteiger partial charge in [0.1, 0.15) is 0 Å². The van der Waals surface area contributed by atoms with Crippen LogP contribution in [-0.2, 0) is 9.57 Å². The number of rotatable bonds is 5. The third kappa shape index (κ3) is 4.73. The zero-order valence-electron chi connectivity index (χ0n) is 6.96. The van der Waals surface area contributed by atoms with Gasteiger partial charge in [0, 0.05) is 0 Å². The highest BCUT2D eigenvalue weighted by molar-refractivity contribution is 4.51. The third-order valence-corrected chi connectivity index (χ3v) is 1.37. The fraction of sp³-hybridized carbons (Fsp3) is 1.00. The monoisotopic (exact) mass is 147 g/mol. The molecule has 0 rings (SSSR count). The molecule has 0 aromatic rings. The van der Waals surface area contributed by atoms with E-state index < -0.39 is 0 Å². The lowest BCUT2D eigenvalue weighted by atomic mass is 10.3. The second-order valence-corrected chi connectivity index (χ2v) is 2.50. The van der Waals surface area contributed by atoms with E-state index in [9.17, 15) is 0 Å². The Balaban J connectivity index is 3.27. The Morgan fingerprint density at radius 2 is 1.90 bits per heavy atom. The van der Waals surface area contributed by atoms with E-state index in [1.165, 1.54) is 0 Å². The summed E-state index contributed by atoms with van der Waals surface area (Å²) in [6, 6.07) is 0. The molecule has 0 saturated heterocycles. The highest BCUT2D eigenvalue weighted by Gasteiger charge is 2.05. The molecule has 2 atom stereocenters. The van der Waals surface area contributed by atoms with Crippen molar-refractivity contribution >= 4 is 0 Å². The fourth-order valence-corrected chi connectivity index (χ4v) is 0.668. The van der Waals surface area contributed by atoms with E-state index in [-0.39, 0.29) is 6.10 Å². The summed E-state index contributed by atoms with van der Waals surface area (Å²) in [7, 11) is 0. The van der Waals surface area contributed by atoms with Gasteiger partial charge in [-0.1, -0.05) is 6.92 Å². The van der Waals surface area contributed by atoms with Crippen LogP contribution in [0.3, 0.4) is 0 Å². The smallest absolute Gasteiger partial charge is 0.0938 e. The van der Waals surface area contributed by atoms with Crippen LogP contribution in [0.1, 0.15) is 27.2 Å². The van der Waals surface area contributed by atoms with Crippen molar-refractivity contribution in [3.63, 3.8) is 0 Å². The zero-order chi connectivity index (χ0) is 7.98. The van der Waals surface area contributed by atoms with Gasteiger partial charge in [0.2, 0.25) is 0 Å². The van der Waals surface area contributed by atoms with E-state index in [0.717, 1.165) is 6.42 Å². The second kappa shape index (κ2) is 5.65. The van der Waals surface area contributed by atoms with Gasteiger partial charge in [-0.05, 0) is 20.3 Å². The van der Waals surface area contributed by atoms with Crippen LogP contribution in [0.25, 0.3) is 0 Å². The summed E-state index contributed by atoms with van der Waals surface area (Å²) >= 11 is 0. The van der Waals surface area contributed by atoms with Crippen LogP contribution in [0.5, 0.6) is 0 Å². The molecular weight excluding hydrogens is 130 g/mol. The van der Waals surface area contributed by atoms with Gasteiger partial charge in [-0.15, -0.1) is 0 Å². The van der Waals surface area contributed by atoms with Crippen LogP contribution < -0.4 is 5.90 Å². The summed E-state index contributed by atoms with van der Waals surface area (Å²) in [5.74, 6) is 4.87. The summed E-state index contributed by atoms with van der Waals surface area (Å²) in [5, 5.41) is 0. The molecule has 0 heterocycles. The molecule has 0 bridgehead atoms. The summed E-state index contributed by atoms with van der Waals surface area (Å²) in [6.07, 6.45) is 1.42. The Morgan fingerprint density at radius 1 is 1.30 bits per heavy atom. The molecule has 3 heteroatoms. The minimum Gasteiger partial charge on any atom is -0.373 e. The summed E-state index contributed by atoms with van der Waals surface area (Å²) < 4.78 is 5.43. The number of hydrogen-bond donors (Lipinski definition) is 1. The Hall–Kier alpha value is -0.120. The van der Waals surface area contributed by atoms with Gasteiger partial charge in [0.05, 0.1) is 18.8 Å². The molecule has 0 amide bonds. The van der Waals surface area contributed by atoms with Gasteiger partial charge in [-0.2, -0.15) is 0 Å². The Kier molecular flexibility index (Phi) is 5.58. The molecule has 2 N–H and O–H groups in total. The molecule has 10 heavy (non-hydrogen) atoms. The maximum atomic E-state index is 5.43. The van der Waals surface area contributed by atoms with Crippen LogP contribution in [0.2, 0.25) is 0 Å². The zero-order valence-corrected chi connectivity index (χ0v) is 6.96. The molecule has 0 aliphatic heterocycles. The molecule has 62 valence electrons. The Morgan fingerprint density at radius 3 is 2.30 bits per heavy atom. The van der Waals surface area contributed by atoms with Gasteiger partial charge >= 0.3 is 0 Å². The van der Waals surface area contributed by atoms with Gasteiger partial charge in [-0.25, -0.2) is 5.90 Å². The molecule has 0 saturated carbocycles. The maximum absolute atomic E-state index is 5.43. The minimum atomic E-state index is 0.0972. The van der Waals surface area contributed by atoms with E-state index in [1.54, 1.807) is 0 Å². The lowest BCUT2D eigenvalue weighted by Gasteiger charge is -2.16. The maximum Gasteiger partial charge on any atom is 0.0938 e. The number of hydrogen-bond acceptors (Lipinski definition) is 3. The van der Waals surface area contributed by atoms with Gasteiger partial charge in [0.25, 0.3) is 0 Å². The topological polar surface area (TPSA) is 44.5 Å². The van der Waals surface area contributed by atoms with Gasteiger partial charge < -0.3 is 9.57 Å². The standard InChI is InChI=1S/C7H17NO2/c1-4-6(2)10-7(3)5-9-8/h6-7H,4-5,8H2,1-3H3. The molecular formula is C7H17NO2. The first-order chi connectivity index (χ1) is 4.70. The number of nitrogens with two attached hydrogens (primary N) is 1. The van der Waals surface area contributed by atoms with Crippen molar-refractivity contribution in [2.75, 3.05) is 6.61 Å². The van der Waals surface area contributed by atoms with Gasteiger partial charge in [0.15, 0.2) is 0 Å². The quantitative estimate of drug-likeness (QED) is 0.592. The molecule has 0 aliphatic carbocycles. The van der Waals surface area contributed by atoms with E-state index in [4.69, 9.17) is 10.6 Å². The van der Waals surface area contributed by atoms with Crippen LogP contribution in [0.15, 0.2) is 0 Å². The molecule has 0 aliphatic rings.